The molecule has 0 bridgehead atoms. The standard InChI is InChI=1S/C10H15F3N2O3/c1-2-8(15-3-5-17-6-4-15)14-9(16)18-7-10(11,12)13/h2-7H2,1H3. The molecule has 0 aliphatic carbocycles. The number of alkyl halides is 3. The summed E-state index contributed by atoms with van der Waals surface area (Å²) < 4.78 is 44.7. The Bertz CT molecular complexity index is 312. The van der Waals surface area contributed by atoms with Gasteiger partial charge in [-0.05, 0) is 0 Å². The molecule has 0 aromatic rings. The fourth-order valence-corrected chi connectivity index (χ4v) is 1.48. The van der Waals surface area contributed by atoms with E-state index in [1.54, 1.807) is 11.8 Å². The Morgan fingerprint density at radius 3 is 2.50 bits per heavy atom. The highest BCUT2D eigenvalue weighted by atomic mass is 19.4. The molecule has 1 saturated heterocycles. The molecule has 0 aromatic carbocycles. The largest absolute Gasteiger partial charge is 0.438 e. The lowest BCUT2D eigenvalue weighted by atomic mass is 10.3. The summed E-state index contributed by atoms with van der Waals surface area (Å²) >= 11 is 0. The van der Waals surface area contributed by atoms with Crippen LogP contribution in [0, 0.1) is 0 Å². The van der Waals surface area contributed by atoms with Crippen molar-refractivity contribution in [2.24, 2.45) is 4.99 Å². The first-order chi connectivity index (χ1) is 8.42. The van der Waals surface area contributed by atoms with Gasteiger partial charge in [0.25, 0.3) is 0 Å². The number of nitrogens with zero attached hydrogens (tertiary/aromatic N) is 2. The van der Waals surface area contributed by atoms with Gasteiger partial charge in [-0.3, -0.25) is 0 Å². The Balaban J connectivity index is 2.52. The molecule has 104 valence electrons. The zero-order chi connectivity index (χ0) is 13.6. The summed E-state index contributed by atoms with van der Waals surface area (Å²) in [5.74, 6) is 0.422. The van der Waals surface area contributed by atoms with Crippen LogP contribution >= 0.6 is 0 Å². The number of amides is 1. The minimum Gasteiger partial charge on any atom is -0.438 e. The second-order valence-electron chi connectivity index (χ2n) is 3.65. The maximum Gasteiger partial charge on any atom is 0.435 e. The molecule has 18 heavy (non-hydrogen) atoms. The molecule has 0 radical (unpaired) electrons. The molecule has 5 nitrogen and oxygen atoms in total. The monoisotopic (exact) mass is 268 g/mol. The predicted molar refractivity (Wildman–Crippen MR) is 57.5 cm³/mol. The molecule has 0 unspecified atom stereocenters. The molecule has 0 spiro atoms. The number of halogens is 3. The lowest BCUT2D eigenvalue weighted by molar-refractivity contribution is -0.159. The zero-order valence-corrected chi connectivity index (χ0v) is 10.00. The van der Waals surface area contributed by atoms with Crippen LogP contribution in [0.1, 0.15) is 13.3 Å². The Kier molecular flexibility index (Phi) is 5.39. The Morgan fingerprint density at radius 2 is 2.00 bits per heavy atom. The first-order valence-corrected chi connectivity index (χ1v) is 5.56. The average Bonchev–Trinajstić information content (AvgIpc) is 2.33. The number of hydrogen-bond donors (Lipinski definition) is 0. The number of amidine groups is 1. The van der Waals surface area contributed by atoms with Gasteiger partial charge >= 0.3 is 12.3 Å². The van der Waals surface area contributed by atoms with E-state index in [0.717, 1.165) is 0 Å². The van der Waals surface area contributed by atoms with Gasteiger partial charge in [-0.1, -0.05) is 6.92 Å². The molecule has 1 aliphatic rings. The van der Waals surface area contributed by atoms with Crippen LogP contribution < -0.4 is 0 Å². The molecule has 1 rings (SSSR count). The minimum atomic E-state index is -4.53. The van der Waals surface area contributed by atoms with Crippen LogP contribution in [0.25, 0.3) is 0 Å². The van der Waals surface area contributed by atoms with Crippen molar-refractivity contribution >= 4 is 11.9 Å². The summed E-state index contributed by atoms with van der Waals surface area (Å²) in [5, 5.41) is 0. The molecule has 0 N–H and O–H groups in total. The van der Waals surface area contributed by atoms with Crippen LogP contribution in [-0.4, -0.2) is 55.9 Å². The number of rotatable bonds is 2. The van der Waals surface area contributed by atoms with E-state index in [4.69, 9.17) is 4.74 Å². The van der Waals surface area contributed by atoms with E-state index in [1.807, 2.05) is 0 Å². The molecule has 1 heterocycles. The van der Waals surface area contributed by atoms with Gasteiger partial charge in [0, 0.05) is 19.5 Å². The Labute approximate surface area is 103 Å². The summed E-state index contributed by atoms with van der Waals surface area (Å²) in [6.45, 7) is 2.31. The van der Waals surface area contributed by atoms with Gasteiger partial charge in [-0.15, -0.1) is 0 Å². The highest BCUT2D eigenvalue weighted by Gasteiger charge is 2.29. The van der Waals surface area contributed by atoms with E-state index in [9.17, 15) is 18.0 Å². The van der Waals surface area contributed by atoms with E-state index in [1.165, 1.54) is 0 Å². The third-order valence-corrected chi connectivity index (χ3v) is 2.27. The van der Waals surface area contributed by atoms with E-state index in [2.05, 4.69) is 9.73 Å². The topological polar surface area (TPSA) is 51.1 Å². The molecule has 0 aromatic heterocycles. The maximum absolute atomic E-state index is 11.8. The van der Waals surface area contributed by atoms with Crippen LogP contribution in [0.2, 0.25) is 0 Å². The fourth-order valence-electron chi connectivity index (χ4n) is 1.48. The van der Waals surface area contributed by atoms with Crippen molar-refractivity contribution in [3.8, 4) is 0 Å². The third kappa shape index (κ3) is 5.35. The fraction of sp³-hybridized carbons (Fsp3) is 0.800. The number of morpholine rings is 1. The first kappa shape index (κ1) is 14.7. The van der Waals surface area contributed by atoms with Crippen LogP contribution in [0.3, 0.4) is 0 Å². The van der Waals surface area contributed by atoms with E-state index >= 15 is 0 Å². The van der Waals surface area contributed by atoms with Crippen LogP contribution in [-0.2, 0) is 9.47 Å². The Morgan fingerprint density at radius 1 is 1.39 bits per heavy atom. The first-order valence-electron chi connectivity index (χ1n) is 5.56. The highest BCUT2D eigenvalue weighted by Crippen LogP contribution is 2.15. The SMILES string of the molecule is CCC(=NC(=O)OCC(F)(F)F)N1CCOCC1. The number of aliphatic imine (C=N–C) groups is 1. The van der Waals surface area contributed by atoms with Gasteiger partial charge in [-0.2, -0.15) is 18.2 Å². The second kappa shape index (κ2) is 6.58. The van der Waals surface area contributed by atoms with Crippen molar-refractivity contribution in [2.75, 3.05) is 32.9 Å². The molecule has 0 atom stereocenters. The highest BCUT2D eigenvalue weighted by molar-refractivity contribution is 5.91. The summed E-state index contributed by atoms with van der Waals surface area (Å²) in [4.78, 5) is 16.5. The molecular formula is C10H15F3N2O3. The van der Waals surface area contributed by atoms with Gasteiger partial charge in [0.05, 0.1) is 13.2 Å². The number of carbonyl (C=O) groups is 1. The maximum atomic E-state index is 11.8. The smallest absolute Gasteiger partial charge is 0.435 e. The zero-order valence-electron chi connectivity index (χ0n) is 10.00. The van der Waals surface area contributed by atoms with Crippen molar-refractivity contribution in [1.29, 1.82) is 0 Å². The molecule has 1 aliphatic heterocycles. The van der Waals surface area contributed by atoms with Crippen LogP contribution in [0.4, 0.5) is 18.0 Å². The van der Waals surface area contributed by atoms with Crippen molar-refractivity contribution < 1.29 is 27.4 Å². The van der Waals surface area contributed by atoms with Crippen LogP contribution in [0.15, 0.2) is 4.99 Å². The molecule has 8 heteroatoms. The quantitative estimate of drug-likeness (QED) is 0.566. The van der Waals surface area contributed by atoms with E-state index < -0.39 is 18.9 Å². The van der Waals surface area contributed by atoms with Crippen LogP contribution in [0.5, 0.6) is 0 Å². The molecule has 1 amide bonds. The van der Waals surface area contributed by atoms with Crippen molar-refractivity contribution in [1.82, 2.24) is 4.90 Å². The second-order valence-corrected chi connectivity index (χ2v) is 3.65. The third-order valence-electron chi connectivity index (χ3n) is 2.27. The summed E-state index contributed by atoms with van der Waals surface area (Å²) in [6.07, 6.45) is -5.30. The number of ether oxygens (including phenoxy) is 2. The lowest BCUT2D eigenvalue weighted by Gasteiger charge is -2.29. The summed E-state index contributed by atoms with van der Waals surface area (Å²) in [7, 11) is 0. The normalized spacial score (nSPS) is 17.8. The Hall–Kier alpha value is -1.31. The van der Waals surface area contributed by atoms with Gasteiger partial charge in [-0.25, -0.2) is 4.79 Å². The van der Waals surface area contributed by atoms with E-state index in [-0.39, 0.29) is 0 Å². The molecule has 1 fully saturated rings. The minimum absolute atomic E-state index is 0.422. The molecule has 0 saturated carbocycles. The van der Waals surface area contributed by atoms with E-state index in [0.29, 0.717) is 38.6 Å². The lowest BCUT2D eigenvalue weighted by Crippen LogP contribution is -2.41. The van der Waals surface area contributed by atoms with Gasteiger partial charge in [0.1, 0.15) is 5.84 Å². The summed E-state index contributed by atoms with van der Waals surface area (Å²) in [6, 6.07) is 0. The number of hydrogen-bond acceptors (Lipinski definition) is 3. The molecular weight excluding hydrogens is 253 g/mol. The van der Waals surface area contributed by atoms with Crippen molar-refractivity contribution in [3.63, 3.8) is 0 Å². The van der Waals surface area contributed by atoms with Gasteiger partial charge < -0.3 is 14.4 Å². The van der Waals surface area contributed by atoms with Crippen molar-refractivity contribution in [3.05, 3.63) is 0 Å². The van der Waals surface area contributed by atoms with Crippen molar-refractivity contribution in [2.45, 2.75) is 19.5 Å². The predicted octanol–water partition coefficient (Wildman–Crippen LogP) is 1.83. The van der Waals surface area contributed by atoms with Gasteiger partial charge in [0.15, 0.2) is 6.61 Å². The number of carbonyl (C=O) groups excluding carboxylic acids is 1. The summed E-state index contributed by atoms with van der Waals surface area (Å²) in [5.41, 5.74) is 0. The average molecular weight is 268 g/mol. The van der Waals surface area contributed by atoms with Gasteiger partial charge in [0.2, 0.25) is 0 Å².